The molecule has 5 nitrogen and oxygen atoms in total. The fourth-order valence-corrected chi connectivity index (χ4v) is 2.37. The fraction of sp³-hybridized carbons (Fsp3) is 0.846. The van der Waals surface area contributed by atoms with E-state index < -0.39 is 17.8 Å². The van der Waals surface area contributed by atoms with Crippen LogP contribution in [-0.2, 0) is 9.59 Å². The number of hydrogen-bond acceptors (Lipinski definition) is 3. The topological polar surface area (TPSA) is 86.6 Å². The Bertz CT molecular complexity index is 305. The third kappa shape index (κ3) is 3.70. The van der Waals surface area contributed by atoms with Gasteiger partial charge in [0, 0.05) is 24.5 Å². The SMILES string of the molecule is CC(C(=O)O)C(C)C(=O)NC1CCCCC1CO. The van der Waals surface area contributed by atoms with Crippen LogP contribution in [0.5, 0.6) is 0 Å². The number of rotatable bonds is 5. The lowest BCUT2D eigenvalue weighted by molar-refractivity contribution is -0.146. The second kappa shape index (κ2) is 6.73. The maximum Gasteiger partial charge on any atom is 0.307 e. The molecule has 0 aromatic rings. The van der Waals surface area contributed by atoms with E-state index in [1.165, 1.54) is 6.92 Å². The monoisotopic (exact) mass is 257 g/mol. The molecule has 1 aliphatic rings. The Morgan fingerprint density at radius 2 is 1.83 bits per heavy atom. The van der Waals surface area contributed by atoms with Crippen LogP contribution in [0.1, 0.15) is 39.5 Å². The zero-order valence-electron chi connectivity index (χ0n) is 11.1. The van der Waals surface area contributed by atoms with Crippen LogP contribution in [-0.4, -0.2) is 34.7 Å². The van der Waals surface area contributed by atoms with Crippen molar-refractivity contribution in [3.05, 3.63) is 0 Å². The average Bonchev–Trinajstić information content (AvgIpc) is 2.37. The Labute approximate surface area is 108 Å². The first-order valence-corrected chi connectivity index (χ1v) is 6.61. The van der Waals surface area contributed by atoms with E-state index in [0.29, 0.717) is 0 Å². The third-order valence-electron chi connectivity index (χ3n) is 4.02. The largest absolute Gasteiger partial charge is 0.481 e. The van der Waals surface area contributed by atoms with Crippen LogP contribution in [0.25, 0.3) is 0 Å². The molecule has 0 saturated heterocycles. The lowest BCUT2D eigenvalue weighted by Crippen LogP contribution is -2.46. The number of nitrogens with one attached hydrogen (secondary N) is 1. The van der Waals surface area contributed by atoms with Crippen molar-refractivity contribution in [2.45, 2.75) is 45.6 Å². The number of carboxylic acids is 1. The van der Waals surface area contributed by atoms with Gasteiger partial charge < -0.3 is 15.5 Å². The van der Waals surface area contributed by atoms with Crippen molar-refractivity contribution < 1.29 is 19.8 Å². The molecular weight excluding hydrogens is 234 g/mol. The van der Waals surface area contributed by atoms with E-state index in [2.05, 4.69) is 5.32 Å². The zero-order chi connectivity index (χ0) is 13.7. The first-order chi connectivity index (χ1) is 8.47. The molecule has 0 bridgehead atoms. The first-order valence-electron chi connectivity index (χ1n) is 6.61. The molecule has 1 amide bonds. The molecule has 0 aromatic heterocycles. The highest BCUT2D eigenvalue weighted by Crippen LogP contribution is 2.24. The number of hydrogen-bond donors (Lipinski definition) is 3. The molecule has 104 valence electrons. The molecule has 4 unspecified atom stereocenters. The van der Waals surface area contributed by atoms with Gasteiger partial charge in [0.2, 0.25) is 5.91 Å². The van der Waals surface area contributed by atoms with Crippen molar-refractivity contribution in [2.24, 2.45) is 17.8 Å². The summed E-state index contributed by atoms with van der Waals surface area (Å²) in [5, 5.41) is 21.0. The molecule has 1 saturated carbocycles. The molecule has 18 heavy (non-hydrogen) atoms. The number of carbonyl (C=O) groups excluding carboxylic acids is 1. The van der Waals surface area contributed by atoms with E-state index in [0.717, 1.165) is 25.7 Å². The van der Waals surface area contributed by atoms with Gasteiger partial charge in [-0.3, -0.25) is 9.59 Å². The molecular formula is C13H23NO4. The summed E-state index contributed by atoms with van der Waals surface area (Å²) in [6.07, 6.45) is 3.92. The normalized spacial score (nSPS) is 27.3. The van der Waals surface area contributed by atoms with Gasteiger partial charge in [0.15, 0.2) is 0 Å². The standard InChI is InChI=1S/C13H23NO4/c1-8(9(2)13(17)18)12(16)14-11-6-4-3-5-10(11)7-15/h8-11,15H,3-7H2,1-2H3,(H,14,16)(H,17,18). The smallest absolute Gasteiger partial charge is 0.307 e. The molecule has 3 N–H and O–H groups in total. The highest BCUT2D eigenvalue weighted by Gasteiger charge is 2.30. The van der Waals surface area contributed by atoms with Crippen LogP contribution in [0.4, 0.5) is 0 Å². The minimum absolute atomic E-state index is 0.0142. The lowest BCUT2D eigenvalue weighted by atomic mass is 9.84. The molecule has 0 aromatic carbocycles. The molecule has 0 radical (unpaired) electrons. The van der Waals surface area contributed by atoms with Crippen molar-refractivity contribution in [3.8, 4) is 0 Å². The summed E-state index contributed by atoms with van der Waals surface area (Å²) in [5.41, 5.74) is 0. The molecule has 5 heteroatoms. The van der Waals surface area contributed by atoms with E-state index in [4.69, 9.17) is 5.11 Å². The van der Waals surface area contributed by atoms with Crippen LogP contribution in [0.3, 0.4) is 0 Å². The van der Waals surface area contributed by atoms with Gasteiger partial charge in [-0.1, -0.05) is 26.7 Å². The van der Waals surface area contributed by atoms with Crippen molar-refractivity contribution in [1.29, 1.82) is 0 Å². The third-order valence-corrected chi connectivity index (χ3v) is 4.02. The van der Waals surface area contributed by atoms with Gasteiger partial charge in [-0.15, -0.1) is 0 Å². The molecule has 0 heterocycles. The van der Waals surface area contributed by atoms with E-state index in [1.54, 1.807) is 6.92 Å². The predicted octanol–water partition coefficient (Wildman–Crippen LogP) is 1.01. The van der Waals surface area contributed by atoms with Crippen molar-refractivity contribution >= 4 is 11.9 Å². The van der Waals surface area contributed by atoms with Gasteiger partial charge in [0.1, 0.15) is 0 Å². The molecule has 1 aliphatic carbocycles. The van der Waals surface area contributed by atoms with Gasteiger partial charge >= 0.3 is 5.97 Å². The van der Waals surface area contributed by atoms with Gasteiger partial charge in [-0.25, -0.2) is 0 Å². The van der Waals surface area contributed by atoms with Gasteiger partial charge in [0.25, 0.3) is 0 Å². The molecule has 1 rings (SSSR count). The van der Waals surface area contributed by atoms with Gasteiger partial charge in [-0.2, -0.15) is 0 Å². The summed E-state index contributed by atoms with van der Waals surface area (Å²) in [4.78, 5) is 22.8. The molecule has 4 atom stereocenters. The second-order valence-corrected chi connectivity index (χ2v) is 5.26. The Kier molecular flexibility index (Phi) is 5.59. The first kappa shape index (κ1) is 15.0. The number of carboxylic acid groups (broad SMARTS) is 1. The zero-order valence-corrected chi connectivity index (χ0v) is 11.1. The molecule has 0 aliphatic heterocycles. The maximum absolute atomic E-state index is 12.0. The minimum Gasteiger partial charge on any atom is -0.481 e. The van der Waals surface area contributed by atoms with E-state index in [9.17, 15) is 14.7 Å². The van der Waals surface area contributed by atoms with Crippen LogP contribution in [0, 0.1) is 17.8 Å². The van der Waals surface area contributed by atoms with Crippen LogP contribution in [0.2, 0.25) is 0 Å². The van der Waals surface area contributed by atoms with Gasteiger partial charge in [0.05, 0.1) is 5.92 Å². The van der Waals surface area contributed by atoms with Crippen molar-refractivity contribution in [1.82, 2.24) is 5.32 Å². The summed E-state index contributed by atoms with van der Waals surface area (Å²) in [5.74, 6) is -2.32. The Morgan fingerprint density at radius 3 is 2.39 bits per heavy atom. The summed E-state index contributed by atoms with van der Waals surface area (Å²) >= 11 is 0. The number of aliphatic hydroxyl groups is 1. The highest BCUT2D eigenvalue weighted by atomic mass is 16.4. The Hall–Kier alpha value is -1.10. The number of amides is 1. The minimum atomic E-state index is -0.958. The summed E-state index contributed by atoms with van der Waals surface area (Å²) in [6.45, 7) is 3.25. The Morgan fingerprint density at radius 1 is 1.22 bits per heavy atom. The number of aliphatic carboxylic acids is 1. The molecule has 1 fully saturated rings. The highest BCUT2D eigenvalue weighted by molar-refractivity contribution is 5.84. The average molecular weight is 257 g/mol. The van der Waals surface area contributed by atoms with Crippen LogP contribution < -0.4 is 5.32 Å². The number of aliphatic hydroxyl groups excluding tert-OH is 1. The molecule has 0 spiro atoms. The van der Waals surface area contributed by atoms with Gasteiger partial charge in [-0.05, 0) is 12.8 Å². The summed E-state index contributed by atoms with van der Waals surface area (Å²) in [7, 11) is 0. The lowest BCUT2D eigenvalue weighted by Gasteiger charge is -2.32. The fourth-order valence-electron chi connectivity index (χ4n) is 2.37. The van der Waals surface area contributed by atoms with E-state index in [1.807, 2.05) is 0 Å². The Balaban J connectivity index is 2.54. The van der Waals surface area contributed by atoms with Crippen molar-refractivity contribution in [2.75, 3.05) is 6.61 Å². The second-order valence-electron chi connectivity index (χ2n) is 5.26. The summed E-state index contributed by atoms with van der Waals surface area (Å²) < 4.78 is 0. The van der Waals surface area contributed by atoms with Crippen LogP contribution in [0.15, 0.2) is 0 Å². The van der Waals surface area contributed by atoms with E-state index >= 15 is 0 Å². The summed E-state index contributed by atoms with van der Waals surface area (Å²) in [6, 6.07) is -0.0142. The predicted molar refractivity (Wildman–Crippen MR) is 66.9 cm³/mol. The number of carbonyl (C=O) groups is 2. The van der Waals surface area contributed by atoms with Crippen LogP contribution >= 0.6 is 0 Å². The van der Waals surface area contributed by atoms with Crippen molar-refractivity contribution in [3.63, 3.8) is 0 Å². The maximum atomic E-state index is 12.0. The van der Waals surface area contributed by atoms with E-state index in [-0.39, 0.29) is 24.5 Å². The quantitative estimate of drug-likeness (QED) is 0.686.